The molecule has 0 saturated carbocycles. The van der Waals surface area contributed by atoms with Crippen LogP contribution in [0.25, 0.3) is 0 Å². The molecule has 0 aliphatic rings. The van der Waals surface area contributed by atoms with E-state index in [1.54, 1.807) is 24.2 Å². The molecule has 0 saturated heterocycles. The van der Waals surface area contributed by atoms with Crippen LogP contribution in [-0.2, 0) is 4.74 Å². The number of aromatic nitrogens is 1. The topological polar surface area (TPSA) is 23.4 Å². The monoisotopic (exact) mass is 127 g/mol. The summed E-state index contributed by atoms with van der Waals surface area (Å²) in [7, 11) is 1.59. The Labute approximate surface area is 53.8 Å². The molecule has 0 aliphatic heterocycles. The highest BCUT2D eigenvalue weighted by atomic mass is 16.8. The Balaban J connectivity index is 2.30. The molecule has 0 spiro atoms. The lowest BCUT2D eigenvalue weighted by Gasteiger charge is -2.02. The van der Waals surface area contributed by atoms with Gasteiger partial charge >= 0.3 is 0 Å². The third kappa shape index (κ3) is 1.77. The van der Waals surface area contributed by atoms with Crippen LogP contribution in [0.4, 0.5) is 0 Å². The Bertz CT molecular complexity index is 148. The maximum Gasteiger partial charge on any atom is 0.214 e. The molecule has 3 heteroatoms. The van der Waals surface area contributed by atoms with Gasteiger partial charge in [-0.2, -0.15) is 4.73 Å². The fraction of sp³-hybridized carbons (Fsp3) is 0.333. The predicted octanol–water partition coefficient (Wildman–Crippen LogP) is 0.521. The van der Waals surface area contributed by atoms with E-state index >= 15 is 0 Å². The Morgan fingerprint density at radius 3 is 2.56 bits per heavy atom. The summed E-state index contributed by atoms with van der Waals surface area (Å²) in [4.78, 5) is 4.99. The van der Waals surface area contributed by atoms with Crippen molar-refractivity contribution in [3.8, 4) is 0 Å². The van der Waals surface area contributed by atoms with E-state index in [9.17, 15) is 0 Å². The van der Waals surface area contributed by atoms with Gasteiger partial charge in [0.1, 0.15) is 0 Å². The second kappa shape index (κ2) is 3.14. The highest BCUT2D eigenvalue weighted by Gasteiger charge is 1.82. The zero-order valence-corrected chi connectivity index (χ0v) is 5.28. The smallest absolute Gasteiger partial charge is 0.214 e. The minimum Gasteiger partial charge on any atom is -0.386 e. The molecule has 3 nitrogen and oxygen atoms in total. The van der Waals surface area contributed by atoms with Gasteiger partial charge in [0.25, 0.3) is 0 Å². The number of hydrogen-bond donors (Lipinski definition) is 0. The van der Waals surface area contributed by atoms with Gasteiger partial charge in [-0.05, 0) is 12.1 Å². The SMILES string of the molecule is COCOn1cccc1. The summed E-state index contributed by atoms with van der Waals surface area (Å²) < 4.78 is 6.26. The van der Waals surface area contributed by atoms with Gasteiger partial charge in [-0.25, -0.2) is 0 Å². The second-order valence-corrected chi connectivity index (χ2v) is 1.58. The van der Waals surface area contributed by atoms with Gasteiger partial charge < -0.3 is 9.57 Å². The van der Waals surface area contributed by atoms with Crippen molar-refractivity contribution in [3.63, 3.8) is 0 Å². The summed E-state index contributed by atoms with van der Waals surface area (Å²) in [5.74, 6) is 0. The van der Waals surface area contributed by atoms with E-state index in [-0.39, 0.29) is 6.79 Å². The molecule has 1 rings (SSSR count). The molecule has 0 unspecified atom stereocenters. The Morgan fingerprint density at radius 2 is 2.00 bits per heavy atom. The predicted molar refractivity (Wildman–Crippen MR) is 32.9 cm³/mol. The number of methoxy groups -OCH3 is 1. The van der Waals surface area contributed by atoms with Crippen molar-refractivity contribution in [3.05, 3.63) is 24.5 Å². The van der Waals surface area contributed by atoms with E-state index in [1.165, 1.54) is 0 Å². The van der Waals surface area contributed by atoms with Crippen molar-refractivity contribution in [1.82, 2.24) is 4.73 Å². The van der Waals surface area contributed by atoms with Crippen molar-refractivity contribution < 1.29 is 9.57 Å². The minimum atomic E-state index is 0.286. The van der Waals surface area contributed by atoms with Crippen molar-refractivity contribution in [1.29, 1.82) is 0 Å². The van der Waals surface area contributed by atoms with Crippen LogP contribution in [0.2, 0.25) is 0 Å². The van der Waals surface area contributed by atoms with Crippen molar-refractivity contribution >= 4 is 0 Å². The first-order valence-electron chi connectivity index (χ1n) is 2.68. The fourth-order valence-corrected chi connectivity index (χ4v) is 0.518. The molecule has 1 aromatic rings. The van der Waals surface area contributed by atoms with Crippen LogP contribution in [0.3, 0.4) is 0 Å². The number of nitrogens with zero attached hydrogens (tertiary/aromatic N) is 1. The van der Waals surface area contributed by atoms with Gasteiger partial charge in [-0.3, -0.25) is 0 Å². The van der Waals surface area contributed by atoms with Crippen LogP contribution in [0.5, 0.6) is 0 Å². The first-order valence-corrected chi connectivity index (χ1v) is 2.68. The summed E-state index contributed by atoms with van der Waals surface area (Å²) in [5.41, 5.74) is 0. The lowest BCUT2D eigenvalue weighted by atomic mass is 10.7. The largest absolute Gasteiger partial charge is 0.386 e. The van der Waals surface area contributed by atoms with E-state index < -0.39 is 0 Å². The summed E-state index contributed by atoms with van der Waals surface area (Å²) >= 11 is 0. The number of rotatable bonds is 3. The molecule has 0 N–H and O–H groups in total. The van der Waals surface area contributed by atoms with Crippen LogP contribution in [-0.4, -0.2) is 18.6 Å². The third-order valence-electron chi connectivity index (χ3n) is 0.897. The summed E-state index contributed by atoms with van der Waals surface area (Å²) in [6.07, 6.45) is 3.61. The van der Waals surface area contributed by atoms with Gasteiger partial charge in [0.2, 0.25) is 6.79 Å². The summed E-state index contributed by atoms with van der Waals surface area (Å²) in [6, 6.07) is 3.77. The van der Waals surface area contributed by atoms with E-state index in [0.29, 0.717) is 0 Å². The molecule has 9 heavy (non-hydrogen) atoms. The van der Waals surface area contributed by atoms with Gasteiger partial charge in [-0.1, -0.05) is 0 Å². The van der Waals surface area contributed by atoms with Crippen LogP contribution in [0.15, 0.2) is 24.5 Å². The maximum atomic E-state index is 4.99. The maximum absolute atomic E-state index is 4.99. The molecular weight excluding hydrogens is 118 g/mol. The van der Waals surface area contributed by atoms with Gasteiger partial charge in [-0.15, -0.1) is 0 Å². The van der Waals surface area contributed by atoms with Gasteiger partial charge in [0.15, 0.2) is 0 Å². The molecule has 0 radical (unpaired) electrons. The molecule has 1 heterocycles. The zero-order chi connectivity index (χ0) is 6.53. The quantitative estimate of drug-likeness (QED) is 0.552. The number of ether oxygens (including phenoxy) is 1. The van der Waals surface area contributed by atoms with Crippen LogP contribution in [0, 0.1) is 0 Å². The van der Waals surface area contributed by atoms with Crippen LogP contribution < -0.4 is 4.84 Å². The molecule has 0 aromatic carbocycles. The zero-order valence-electron chi connectivity index (χ0n) is 5.28. The minimum absolute atomic E-state index is 0.286. The average molecular weight is 127 g/mol. The highest BCUT2D eigenvalue weighted by Crippen LogP contribution is 1.84. The molecular formula is C6H9NO2. The second-order valence-electron chi connectivity index (χ2n) is 1.58. The van der Waals surface area contributed by atoms with Gasteiger partial charge in [0, 0.05) is 19.5 Å². The molecule has 0 bridgehead atoms. The lowest BCUT2D eigenvalue weighted by Crippen LogP contribution is -2.11. The summed E-state index contributed by atoms with van der Waals surface area (Å²) in [6.45, 7) is 0.286. The Hall–Kier alpha value is -0.960. The first kappa shape index (κ1) is 6.16. The molecule has 0 amide bonds. The van der Waals surface area contributed by atoms with Crippen molar-refractivity contribution in [2.45, 2.75) is 0 Å². The van der Waals surface area contributed by atoms with Crippen LogP contribution >= 0.6 is 0 Å². The van der Waals surface area contributed by atoms with E-state index in [1.807, 2.05) is 12.1 Å². The number of hydrogen-bond acceptors (Lipinski definition) is 2. The van der Waals surface area contributed by atoms with Crippen molar-refractivity contribution in [2.75, 3.05) is 13.9 Å². The van der Waals surface area contributed by atoms with Crippen molar-refractivity contribution in [2.24, 2.45) is 0 Å². The Morgan fingerprint density at radius 1 is 1.33 bits per heavy atom. The van der Waals surface area contributed by atoms with Crippen LogP contribution in [0.1, 0.15) is 0 Å². The van der Waals surface area contributed by atoms with Gasteiger partial charge in [0.05, 0.1) is 0 Å². The Kier molecular flexibility index (Phi) is 2.15. The lowest BCUT2D eigenvalue weighted by molar-refractivity contribution is -0.0377. The fourth-order valence-electron chi connectivity index (χ4n) is 0.518. The first-order chi connectivity index (χ1) is 4.43. The van der Waals surface area contributed by atoms with E-state index in [4.69, 9.17) is 4.84 Å². The van der Waals surface area contributed by atoms with E-state index in [2.05, 4.69) is 4.74 Å². The summed E-state index contributed by atoms with van der Waals surface area (Å²) in [5, 5.41) is 0. The normalized spacial score (nSPS) is 9.44. The molecule has 0 aliphatic carbocycles. The standard InChI is InChI=1S/C6H9NO2/c1-8-6-9-7-4-2-3-5-7/h2-5H,6H2,1H3. The third-order valence-corrected chi connectivity index (χ3v) is 0.897. The van der Waals surface area contributed by atoms with E-state index in [0.717, 1.165) is 0 Å². The molecule has 0 atom stereocenters. The molecule has 1 aromatic heterocycles. The average Bonchev–Trinajstić information content (AvgIpc) is 2.34. The highest BCUT2D eigenvalue weighted by molar-refractivity contribution is 4.87. The molecule has 0 fully saturated rings. The molecule has 50 valence electrons.